The third-order valence-corrected chi connectivity index (χ3v) is 21.4. The molecule has 3 rings (SSSR count). The van der Waals surface area contributed by atoms with E-state index >= 15 is 0 Å². The molecule has 0 unspecified atom stereocenters. The number of hydrogen-bond donors (Lipinski definition) is 0. The van der Waals surface area contributed by atoms with E-state index in [4.69, 9.17) is 8.85 Å². The van der Waals surface area contributed by atoms with E-state index in [0.717, 1.165) is 18.4 Å². The Hall–Kier alpha value is -1.22. The van der Waals surface area contributed by atoms with Gasteiger partial charge in [-0.05, 0) is 115 Å². The molecule has 0 heterocycles. The summed E-state index contributed by atoms with van der Waals surface area (Å²) in [5.74, 6) is 1.68. The van der Waals surface area contributed by atoms with Crippen LogP contribution in [0.4, 0.5) is 0 Å². The second-order valence-corrected chi connectivity index (χ2v) is 27.3. The predicted octanol–water partition coefficient (Wildman–Crippen LogP) is 10.5. The fraction of sp³-hybridized carbons (Fsp3) is 0.763. The number of rotatable bonds is 8. The third kappa shape index (κ3) is 8.19. The molecule has 0 aromatic heterocycles. The summed E-state index contributed by atoms with van der Waals surface area (Å²) < 4.78 is 14.1. The summed E-state index contributed by atoms with van der Waals surface area (Å²) in [4.78, 5) is 13.9. The molecule has 0 bridgehead atoms. The van der Waals surface area contributed by atoms with Gasteiger partial charge in [-0.3, -0.25) is 4.79 Å². The number of amides is 1. The fourth-order valence-corrected chi connectivity index (χ4v) is 10.1. The highest BCUT2D eigenvalue weighted by Gasteiger charge is 2.50. The van der Waals surface area contributed by atoms with Gasteiger partial charge in [0.25, 0.3) is 0 Å². The highest BCUT2D eigenvalue weighted by atomic mass is 28.4. The van der Waals surface area contributed by atoms with Crippen LogP contribution in [-0.4, -0.2) is 53.7 Å². The zero-order valence-corrected chi connectivity index (χ0v) is 33.0. The maximum Gasteiger partial charge on any atom is 0.245 e. The van der Waals surface area contributed by atoms with E-state index in [9.17, 15) is 4.79 Å². The summed E-state index contributed by atoms with van der Waals surface area (Å²) in [7, 11) is -0.282. The van der Waals surface area contributed by atoms with E-state index in [-0.39, 0.29) is 33.6 Å². The van der Waals surface area contributed by atoms with E-state index < -0.39 is 16.6 Å². The average Bonchev–Trinajstić information content (AvgIpc) is 3.23. The first-order valence-corrected chi connectivity index (χ1v) is 23.2. The van der Waals surface area contributed by atoms with Crippen LogP contribution < -0.4 is 0 Å². The SMILES string of the molecule is C=C1/C(=C\C=C2/CCC[C@]3(C)[C@@H]([C@@H](C)/C=C/C(=O)N(C)C)CC[C@@H]23)C[C@@H](O[Si](C)(C)C(C)(C)C)C[C@@H]1O[Si](C)(C)C(C)(C)C. The van der Waals surface area contributed by atoms with Gasteiger partial charge >= 0.3 is 0 Å². The molecular formula is C38H67NO3Si2. The van der Waals surface area contributed by atoms with E-state index in [0.29, 0.717) is 17.8 Å². The van der Waals surface area contributed by atoms with Crippen molar-refractivity contribution in [1.82, 2.24) is 4.90 Å². The Balaban J connectivity index is 1.90. The molecule has 0 saturated heterocycles. The summed E-state index contributed by atoms with van der Waals surface area (Å²) in [6.45, 7) is 32.9. The molecule has 3 aliphatic rings. The summed E-state index contributed by atoms with van der Waals surface area (Å²) in [5, 5.41) is 0.310. The first-order valence-electron chi connectivity index (χ1n) is 17.3. The number of likely N-dealkylation sites (N-methyl/N-ethyl adjacent to an activating group) is 1. The van der Waals surface area contributed by atoms with Crippen LogP contribution in [0.2, 0.25) is 36.3 Å². The Bertz CT molecular complexity index is 1150. The van der Waals surface area contributed by atoms with Crippen LogP contribution in [0.5, 0.6) is 0 Å². The smallest absolute Gasteiger partial charge is 0.245 e. The zero-order chi connectivity index (χ0) is 33.5. The minimum Gasteiger partial charge on any atom is -0.413 e. The average molecular weight is 642 g/mol. The van der Waals surface area contributed by atoms with Crippen molar-refractivity contribution in [2.24, 2.45) is 23.2 Å². The van der Waals surface area contributed by atoms with Crippen molar-refractivity contribution < 1.29 is 13.6 Å². The van der Waals surface area contributed by atoms with Crippen molar-refractivity contribution in [1.29, 1.82) is 0 Å². The first-order chi connectivity index (χ1) is 20.0. The molecule has 0 aliphatic heterocycles. The van der Waals surface area contributed by atoms with Gasteiger partial charge in [-0.15, -0.1) is 0 Å². The van der Waals surface area contributed by atoms with E-state index in [1.54, 1.807) is 16.5 Å². The molecule has 6 heteroatoms. The lowest BCUT2D eigenvalue weighted by molar-refractivity contribution is -0.123. The Morgan fingerprint density at radius 2 is 1.59 bits per heavy atom. The maximum atomic E-state index is 12.2. The molecule has 3 aliphatic carbocycles. The number of allylic oxidation sites excluding steroid dienone is 4. The van der Waals surface area contributed by atoms with Gasteiger partial charge in [0.05, 0.1) is 12.2 Å². The fourth-order valence-electron chi connectivity index (χ4n) is 7.43. The highest BCUT2D eigenvalue weighted by molar-refractivity contribution is 6.74. The van der Waals surface area contributed by atoms with Crippen LogP contribution in [0.3, 0.4) is 0 Å². The summed E-state index contributed by atoms with van der Waals surface area (Å²) in [6, 6.07) is 0. The summed E-state index contributed by atoms with van der Waals surface area (Å²) in [5.41, 5.74) is 4.36. The minimum absolute atomic E-state index is 0.00838. The topological polar surface area (TPSA) is 38.8 Å². The standard InChI is InChI=1S/C38H67NO3Si2/c1-27(18-23-35(40)39(10)11)32-21-22-33-29(17-16-24-38(32,33)9)19-20-30-25-31(41-43(12,13)36(3,4)5)26-34(28(30)2)42-44(14,15)37(6,7)8/h18-20,23,27,31-34H,2,16-17,21-22,24-26H2,1,3-15H3/b23-18+,29-19+,30-20-/t27-,31+,32+,33-,34-,38+/m0/s1. The van der Waals surface area contributed by atoms with Crippen molar-refractivity contribution in [3.05, 3.63) is 47.6 Å². The number of hydrogen-bond acceptors (Lipinski definition) is 3. The maximum absolute atomic E-state index is 12.2. The van der Waals surface area contributed by atoms with Gasteiger partial charge in [0, 0.05) is 20.5 Å². The molecule has 0 spiro atoms. The van der Waals surface area contributed by atoms with Gasteiger partial charge < -0.3 is 13.8 Å². The molecule has 0 aromatic carbocycles. The minimum atomic E-state index is -1.99. The van der Waals surface area contributed by atoms with Gasteiger partial charge in [0.1, 0.15) is 0 Å². The zero-order valence-electron chi connectivity index (χ0n) is 31.0. The van der Waals surface area contributed by atoms with Gasteiger partial charge in [0.15, 0.2) is 16.6 Å². The lowest BCUT2D eigenvalue weighted by atomic mass is 9.61. The van der Waals surface area contributed by atoms with Crippen LogP contribution in [0.1, 0.15) is 100 Å². The Morgan fingerprint density at radius 1 is 1.00 bits per heavy atom. The quantitative estimate of drug-likeness (QED) is 0.196. The molecule has 1 amide bonds. The van der Waals surface area contributed by atoms with Crippen LogP contribution in [-0.2, 0) is 13.6 Å². The lowest BCUT2D eigenvalue weighted by Gasteiger charge is -2.45. The Labute approximate surface area is 274 Å². The first kappa shape index (κ1) is 37.2. The van der Waals surface area contributed by atoms with Crippen LogP contribution in [0, 0.1) is 23.2 Å². The van der Waals surface area contributed by atoms with E-state index in [1.807, 2.05) is 14.1 Å². The van der Waals surface area contributed by atoms with Crippen molar-refractivity contribution >= 4 is 22.5 Å². The van der Waals surface area contributed by atoms with Gasteiger partial charge in [-0.25, -0.2) is 0 Å². The third-order valence-electron chi connectivity index (χ3n) is 12.4. The van der Waals surface area contributed by atoms with Crippen molar-refractivity contribution in [2.75, 3.05) is 14.1 Å². The Morgan fingerprint density at radius 3 is 2.16 bits per heavy atom. The largest absolute Gasteiger partial charge is 0.413 e. The number of fused-ring (bicyclic) bond motifs is 1. The summed E-state index contributed by atoms with van der Waals surface area (Å²) >= 11 is 0. The lowest BCUT2D eigenvalue weighted by Crippen LogP contribution is -2.49. The monoisotopic (exact) mass is 641 g/mol. The number of carbonyl (C=O) groups excluding carboxylic acids is 1. The van der Waals surface area contributed by atoms with Crippen molar-refractivity contribution in [2.45, 2.75) is 149 Å². The second-order valence-electron chi connectivity index (χ2n) is 17.8. The normalized spacial score (nSPS) is 31.5. The molecule has 0 N–H and O–H groups in total. The predicted molar refractivity (Wildman–Crippen MR) is 194 cm³/mol. The molecule has 4 nitrogen and oxygen atoms in total. The van der Waals surface area contributed by atoms with Gasteiger partial charge in [0.2, 0.25) is 5.91 Å². The molecule has 3 saturated carbocycles. The van der Waals surface area contributed by atoms with Crippen LogP contribution in [0.25, 0.3) is 0 Å². The highest BCUT2D eigenvalue weighted by Crippen LogP contribution is 2.59. The van der Waals surface area contributed by atoms with Gasteiger partial charge in [-0.1, -0.05) is 85.8 Å². The van der Waals surface area contributed by atoms with Crippen LogP contribution in [0.15, 0.2) is 47.6 Å². The number of carbonyl (C=O) groups is 1. The molecule has 250 valence electrons. The second kappa shape index (κ2) is 13.5. The van der Waals surface area contributed by atoms with Crippen molar-refractivity contribution in [3.8, 4) is 0 Å². The molecular weight excluding hydrogens is 575 g/mol. The van der Waals surface area contributed by atoms with Crippen LogP contribution >= 0.6 is 0 Å². The Kier molecular flexibility index (Phi) is 11.4. The molecule has 6 atom stereocenters. The number of nitrogens with zero attached hydrogens (tertiary/aromatic N) is 1. The van der Waals surface area contributed by atoms with Crippen molar-refractivity contribution in [3.63, 3.8) is 0 Å². The molecule has 3 fully saturated rings. The summed E-state index contributed by atoms with van der Waals surface area (Å²) in [6.07, 6.45) is 17.0. The van der Waals surface area contributed by atoms with E-state index in [1.165, 1.54) is 37.7 Å². The molecule has 0 aromatic rings. The van der Waals surface area contributed by atoms with Gasteiger partial charge in [-0.2, -0.15) is 0 Å². The molecule has 44 heavy (non-hydrogen) atoms. The van der Waals surface area contributed by atoms with E-state index in [2.05, 4.69) is 106 Å². The molecule has 0 radical (unpaired) electrons.